The van der Waals surface area contributed by atoms with Crippen molar-refractivity contribution >= 4 is 5.97 Å². The van der Waals surface area contributed by atoms with Crippen molar-refractivity contribution in [2.45, 2.75) is 129 Å². The Morgan fingerprint density at radius 2 is 1.70 bits per heavy atom. The fourth-order valence-electron chi connectivity index (χ4n) is 9.88. The van der Waals surface area contributed by atoms with Crippen molar-refractivity contribution < 1.29 is 35.1 Å². The molecule has 37 heavy (non-hydrogen) atoms. The Kier molecular flexibility index (Phi) is 7.93. The Morgan fingerprint density at radius 3 is 2.32 bits per heavy atom. The third kappa shape index (κ3) is 4.49. The van der Waals surface area contributed by atoms with E-state index in [1.807, 2.05) is 20.8 Å². The summed E-state index contributed by atoms with van der Waals surface area (Å²) in [6.07, 6.45) is 3.72. The number of fused-ring (bicyclic) bond motifs is 5. The summed E-state index contributed by atoms with van der Waals surface area (Å²) in [5.41, 5.74) is -3.10. The number of aliphatic hydroxyl groups is 5. The van der Waals surface area contributed by atoms with Gasteiger partial charge in [-0.2, -0.15) is 0 Å². The van der Waals surface area contributed by atoms with Crippen LogP contribution in [0.5, 0.6) is 0 Å². The van der Waals surface area contributed by atoms with Crippen LogP contribution < -0.4 is 0 Å². The molecule has 214 valence electrons. The van der Waals surface area contributed by atoms with Crippen LogP contribution in [0.2, 0.25) is 0 Å². The Balaban J connectivity index is 1.53. The van der Waals surface area contributed by atoms with Gasteiger partial charge in [-0.25, -0.2) is 0 Å². The Hall–Kier alpha value is -0.730. The summed E-state index contributed by atoms with van der Waals surface area (Å²) >= 11 is 0. The van der Waals surface area contributed by atoms with Gasteiger partial charge in [-0.1, -0.05) is 27.2 Å². The SMILES string of the molecule is CC(=O)OC(C)(C)C(C)CCC(C)C1CCC2C3CC(O)C4(O)CC(O)CC(O)C4(C)C3CCC12CO. The highest BCUT2D eigenvalue weighted by molar-refractivity contribution is 5.66. The highest BCUT2D eigenvalue weighted by atomic mass is 16.6. The van der Waals surface area contributed by atoms with E-state index >= 15 is 0 Å². The van der Waals surface area contributed by atoms with E-state index < -0.39 is 34.9 Å². The number of hydrogen-bond donors (Lipinski definition) is 5. The number of carbonyl (C=O) groups excluding carboxylic acids is 1. The van der Waals surface area contributed by atoms with Gasteiger partial charge in [0.05, 0.1) is 18.3 Å². The largest absolute Gasteiger partial charge is 0.460 e. The van der Waals surface area contributed by atoms with Gasteiger partial charge in [0.25, 0.3) is 0 Å². The topological polar surface area (TPSA) is 127 Å². The van der Waals surface area contributed by atoms with Crippen LogP contribution in [0.4, 0.5) is 0 Å². The monoisotopic (exact) mass is 524 g/mol. The molecule has 4 fully saturated rings. The van der Waals surface area contributed by atoms with Crippen LogP contribution in [-0.2, 0) is 9.53 Å². The van der Waals surface area contributed by atoms with E-state index in [2.05, 4.69) is 13.8 Å². The summed E-state index contributed by atoms with van der Waals surface area (Å²) in [6, 6.07) is 0. The molecule has 0 saturated heterocycles. The number of carbonyl (C=O) groups is 1. The zero-order valence-corrected chi connectivity index (χ0v) is 23.8. The quantitative estimate of drug-likeness (QED) is 0.323. The van der Waals surface area contributed by atoms with Crippen molar-refractivity contribution in [3.63, 3.8) is 0 Å². The first-order valence-electron chi connectivity index (χ1n) is 14.7. The molecule has 0 heterocycles. The normalized spacial score (nSPS) is 47.4. The van der Waals surface area contributed by atoms with E-state index in [0.717, 1.165) is 38.5 Å². The first-order chi connectivity index (χ1) is 17.1. The van der Waals surface area contributed by atoms with Gasteiger partial charge in [0.2, 0.25) is 0 Å². The molecule has 0 aliphatic heterocycles. The summed E-state index contributed by atoms with van der Waals surface area (Å²) in [5.74, 6) is 1.15. The van der Waals surface area contributed by atoms with Crippen LogP contribution in [0.3, 0.4) is 0 Å². The molecule has 12 atom stereocenters. The second-order valence-electron chi connectivity index (χ2n) is 14.2. The lowest BCUT2D eigenvalue weighted by atomic mass is 9.41. The van der Waals surface area contributed by atoms with Gasteiger partial charge in [-0.3, -0.25) is 4.79 Å². The van der Waals surface area contributed by atoms with Crippen LogP contribution >= 0.6 is 0 Å². The molecular weight excluding hydrogens is 472 g/mol. The molecule has 12 unspecified atom stereocenters. The molecule has 4 saturated carbocycles. The highest BCUT2D eigenvalue weighted by Gasteiger charge is 2.70. The third-order valence-electron chi connectivity index (χ3n) is 12.3. The fraction of sp³-hybridized carbons (Fsp3) is 0.967. The van der Waals surface area contributed by atoms with E-state index in [1.165, 1.54) is 6.92 Å². The van der Waals surface area contributed by atoms with E-state index in [9.17, 15) is 30.3 Å². The number of rotatable bonds is 7. The summed E-state index contributed by atoms with van der Waals surface area (Å²) in [4.78, 5) is 11.5. The molecule has 0 radical (unpaired) electrons. The van der Waals surface area contributed by atoms with Crippen molar-refractivity contribution in [3.8, 4) is 0 Å². The van der Waals surface area contributed by atoms with Crippen LogP contribution in [0.15, 0.2) is 0 Å². The molecule has 7 heteroatoms. The van der Waals surface area contributed by atoms with Crippen LogP contribution in [-0.4, -0.2) is 67.6 Å². The molecule has 0 amide bonds. The standard InChI is InChI=1S/C30H52O7/c1-17(7-8-18(2)27(4,5)37-19(3)32)22-9-10-24-21-14-26(35)30(36)15-20(33)13-25(34)28(30,6)23(21)11-12-29(22,24)16-31/h17-18,20-26,31,33-36H,7-16H2,1-6H3. The maximum atomic E-state index is 11.7. The number of aliphatic hydroxyl groups excluding tert-OH is 4. The van der Waals surface area contributed by atoms with Crippen molar-refractivity contribution in [2.24, 2.45) is 46.3 Å². The summed E-state index contributed by atoms with van der Waals surface area (Å²) in [6.45, 7) is 11.9. The minimum atomic E-state index is -1.50. The van der Waals surface area contributed by atoms with Gasteiger partial charge in [-0.15, -0.1) is 0 Å². The number of ether oxygens (including phenoxy) is 1. The lowest BCUT2D eigenvalue weighted by Gasteiger charge is -2.66. The average Bonchev–Trinajstić information content (AvgIpc) is 3.19. The van der Waals surface area contributed by atoms with Gasteiger partial charge in [0.1, 0.15) is 11.2 Å². The number of esters is 1. The zero-order valence-electron chi connectivity index (χ0n) is 23.8. The molecule has 0 spiro atoms. The smallest absolute Gasteiger partial charge is 0.303 e. The minimum Gasteiger partial charge on any atom is -0.460 e. The van der Waals surface area contributed by atoms with Crippen LogP contribution in [0, 0.1) is 46.3 Å². The van der Waals surface area contributed by atoms with Crippen molar-refractivity contribution in [3.05, 3.63) is 0 Å². The Bertz CT molecular complexity index is 846. The first-order valence-corrected chi connectivity index (χ1v) is 14.7. The van der Waals surface area contributed by atoms with Crippen LogP contribution in [0.25, 0.3) is 0 Å². The average molecular weight is 525 g/mol. The lowest BCUT2D eigenvalue weighted by Crippen LogP contribution is -2.73. The second-order valence-corrected chi connectivity index (χ2v) is 14.2. The minimum absolute atomic E-state index is 0.0479. The molecule has 0 bridgehead atoms. The second kappa shape index (κ2) is 10.0. The van der Waals surface area contributed by atoms with Crippen molar-refractivity contribution in [1.29, 1.82) is 0 Å². The van der Waals surface area contributed by atoms with Gasteiger partial charge in [-0.05, 0) is 99.7 Å². The molecule has 7 nitrogen and oxygen atoms in total. The third-order valence-corrected chi connectivity index (χ3v) is 12.3. The summed E-state index contributed by atoms with van der Waals surface area (Å²) in [7, 11) is 0. The highest BCUT2D eigenvalue weighted by Crippen LogP contribution is 2.69. The molecule has 4 rings (SSSR count). The van der Waals surface area contributed by atoms with Crippen molar-refractivity contribution in [2.75, 3.05) is 6.61 Å². The lowest BCUT2D eigenvalue weighted by molar-refractivity contribution is -0.296. The summed E-state index contributed by atoms with van der Waals surface area (Å²) < 4.78 is 5.57. The predicted molar refractivity (Wildman–Crippen MR) is 140 cm³/mol. The maximum absolute atomic E-state index is 11.7. The van der Waals surface area contributed by atoms with Gasteiger partial charge >= 0.3 is 5.97 Å². The molecule has 5 N–H and O–H groups in total. The maximum Gasteiger partial charge on any atom is 0.303 e. The molecule has 4 aliphatic rings. The fourth-order valence-corrected chi connectivity index (χ4v) is 9.88. The molecule has 0 aromatic rings. The van der Waals surface area contributed by atoms with Gasteiger partial charge in [0.15, 0.2) is 0 Å². The molecular formula is C30H52O7. The molecule has 0 aromatic carbocycles. The molecule has 0 aromatic heterocycles. The van der Waals surface area contributed by atoms with Crippen LogP contribution in [0.1, 0.15) is 99.3 Å². The Morgan fingerprint density at radius 1 is 1.03 bits per heavy atom. The predicted octanol–water partition coefficient (Wildman–Crippen LogP) is 3.43. The van der Waals surface area contributed by atoms with E-state index in [4.69, 9.17) is 4.74 Å². The zero-order chi connectivity index (χ0) is 27.6. The van der Waals surface area contributed by atoms with Gasteiger partial charge in [0, 0.05) is 25.4 Å². The Labute approximate surface area is 223 Å². The first kappa shape index (κ1) is 29.3. The van der Waals surface area contributed by atoms with E-state index in [-0.39, 0.29) is 54.5 Å². The van der Waals surface area contributed by atoms with E-state index in [1.54, 1.807) is 0 Å². The number of hydrogen-bond acceptors (Lipinski definition) is 7. The van der Waals surface area contributed by atoms with Crippen molar-refractivity contribution in [1.82, 2.24) is 0 Å². The summed E-state index contributed by atoms with van der Waals surface area (Å²) in [5, 5.41) is 55.4. The molecule has 4 aliphatic carbocycles. The van der Waals surface area contributed by atoms with Gasteiger partial charge < -0.3 is 30.3 Å². The van der Waals surface area contributed by atoms with E-state index in [0.29, 0.717) is 18.3 Å².